The number of primary sulfonamides is 1. The summed E-state index contributed by atoms with van der Waals surface area (Å²) in [6.45, 7) is 1.77. The predicted octanol–water partition coefficient (Wildman–Crippen LogP) is 1.95. The highest BCUT2D eigenvalue weighted by Crippen LogP contribution is 2.21. The molecule has 3 rings (SSSR count). The number of rotatable bonds is 5. The van der Waals surface area contributed by atoms with E-state index in [2.05, 4.69) is 0 Å². The third-order valence-electron chi connectivity index (χ3n) is 3.72. The first kappa shape index (κ1) is 17.9. The average molecular weight is 377 g/mol. The van der Waals surface area contributed by atoms with Crippen molar-refractivity contribution < 1.29 is 26.8 Å². The Morgan fingerprint density at radius 2 is 1.92 bits per heavy atom. The van der Waals surface area contributed by atoms with E-state index in [1.807, 2.05) is 13.0 Å². The van der Waals surface area contributed by atoms with Crippen LogP contribution in [0.2, 0.25) is 0 Å². The van der Waals surface area contributed by atoms with Crippen LogP contribution in [0.25, 0.3) is 11.0 Å². The average Bonchev–Trinajstić information content (AvgIpc) is 3.09. The lowest BCUT2D eigenvalue weighted by molar-refractivity contribution is 0.0431. The minimum Gasteiger partial charge on any atom is -0.455 e. The second-order valence-electron chi connectivity index (χ2n) is 5.51. The van der Waals surface area contributed by atoms with Crippen LogP contribution >= 0.6 is 0 Å². The second kappa shape index (κ2) is 6.77. The van der Waals surface area contributed by atoms with Crippen LogP contribution in [0, 0.1) is 0 Å². The summed E-state index contributed by atoms with van der Waals surface area (Å²) in [4.78, 5) is 23.8. The smallest absolute Gasteiger partial charge is 0.374 e. The molecule has 3 aromatic rings. The zero-order valence-corrected chi connectivity index (χ0v) is 14.5. The van der Waals surface area contributed by atoms with Crippen LogP contribution in [0.1, 0.15) is 28.6 Å². The lowest BCUT2D eigenvalue weighted by Crippen LogP contribution is -2.11. The molecule has 2 heterocycles. The number of aryl methyl sites for hydroxylation is 1. The molecule has 26 heavy (non-hydrogen) atoms. The monoisotopic (exact) mass is 377 g/mol. The number of hydrogen-bond acceptors (Lipinski definition) is 7. The molecule has 2 aromatic heterocycles. The van der Waals surface area contributed by atoms with Gasteiger partial charge in [0.2, 0.25) is 10.9 Å². The van der Waals surface area contributed by atoms with E-state index in [4.69, 9.17) is 18.7 Å². The van der Waals surface area contributed by atoms with Crippen LogP contribution in [0.4, 0.5) is 0 Å². The number of hydrogen-bond donors (Lipinski definition) is 1. The summed E-state index contributed by atoms with van der Waals surface area (Å²) in [6, 6.07) is 8.87. The summed E-state index contributed by atoms with van der Waals surface area (Å²) in [5, 5.41) is 5.02. The SMILES string of the molecule is CCc1ccc2c(COC(=O)c3ccc(S(N)(=O)=O)o3)cc(=O)oc2c1. The first-order valence-corrected chi connectivity index (χ1v) is 9.18. The minimum atomic E-state index is -4.05. The van der Waals surface area contributed by atoms with Crippen molar-refractivity contribution in [3.63, 3.8) is 0 Å². The highest BCUT2D eigenvalue weighted by atomic mass is 32.2. The van der Waals surface area contributed by atoms with Gasteiger partial charge in [-0.1, -0.05) is 19.1 Å². The molecule has 2 N–H and O–H groups in total. The first-order chi connectivity index (χ1) is 12.3. The predicted molar refractivity (Wildman–Crippen MR) is 91.1 cm³/mol. The molecule has 0 aliphatic heterocycles. The molecule has 0 atom stereocenters. The van der Waals surface area contributed by atoms with Gasteiger partial charge >= 0.3 is 11.6 Å². The molecule has 0 bridgehead atoms. The summed E-state index contributed by atoms with van der Waals surface area (Å²) in [6.07, 6.45) is 0.781. The van der Waals surface area contributed by atoms with Gasteiger partial charge in [-0.25, -0.2) is 23.1 Å². The van der Waals surface area contributed by atoms with Crippen molar-refractivity contribution in [3.8, 4) is 0 Å². The first-order valence-electron chi connectivity index (χ1n) is 7.63. The molecule has 0 amide bonds. The maximum atomic E-state index is 12.0. The van der Waals surface area contributed by atoms with Crippen molar-refractivity contribution in [2.24, 2.45) is 5.14 Å². The Hall–Kier alpha value is -2.91. The highest BCUT2D eigenvalue weighted by Gasteiger charge is 2.19. The van der Waals surface area contributed by atoms with Crippen molar-refractivity contribution in [1.29, 1.82) is 0 Å². The van der Waals surface area contributed by atoms with Crippen LogP contribution in [0.5, 0.6) is 0 Å². The number of sulfonamides is 1. The van der Waals surface area contributed by atoms with Gasteiger partial charge in [-0.15, -0.1) is 0 Å². The topological polar surface area (TPSA) is 130 Å². The van der Waals surface area contributed by atoms with Gasteiger partial charge in [-0.05, 0) is 30.2 Å². The summed E-state index contributed by atoms with van der Waals surface area (Å²) in [5.74, 6) is -1.19. The molecule has 0 fully saturated rings. The van der Waals surface area contributed by atoms with Crippen LogP contribution in [-0.4, -0.2) is 14.4 Å². The Morgan fingerprint density at radius 1 is 1.15 bits per heavy atom. The van der Waals surface area contributed by atoms with Gasteiger partial charge in [0.1, 0.15) is 12.2 Å². The Bertz CT molecular complexity index is 1140. The zero-order chi connectivity index (χ0) is 18.9. The van der Waals surface area contributed by atoms with Crippen molar-refractivity contribution in [2.45, 2.75) is 25.0 Å². The number of carbonyl (C=O) groups excluding carboxylic acids is 1. The maximum absolute atomic E-state index is 12.0. The number of fused-ring (bicyclic) bond motifs is 1. The number of furan rings is 1. The van der Waals surface area contributed by atoms with Crippen LogP contribution in [-0.2, 0) is 27.8 Å². The standard InChI is InChI=1S/C17H15NO7S/c1-2-10-3-4-12-11(8-15(19)24-14(12)7-10)9-23-17(20)13-5-6-16(25-13)26(18,21)22/h3-8H,2,9H2,1H3,(H2,18,21,22). The Balaban J connectivity index is 1.84. The third kappa shape index (κ3) is 3.68. The fourth-order valence-corrected chi connectivity index (χ4v) is 2.87. The Morgan fingerprint density at radius 3 is 2.58 bits per heavy atom. The molecule has 0 radical (unpaired) electrons. The van der Waals surface area contributed by atoms with E-state index in [-0.39, 0.29) is 12.4 Å². The number of esters is 1. The van der Waals surface area contributed by atoms with Crippen LogP contribution in [0.3, 0.4) is 0 Å². The van der Waals surface area contributed by atoms with E-state index < -0.39 is 26.7 Å². The van der Waals surface area contributed by atoms with E-state index in [1.54, 1.807) is 12.1 Å². The lowest BCUT2D eigenvalue weighted by Gasteiger charge is -2.07. The summed E-state index contributed by atoms with van der Waals surface area (Å²) in [5.41, 5.74) is 1.30. The minimum absolute atomic E-state index is 0.211. The van der Waals surface area contributed by atoms with Crippen LogP contribution < -0.4 is 10.8 Å². The van der Waals surface area contributed by atoms with Gasteiger partial charge in [0.15, 0.2) is 0 Å². The fraction of sp³-hybridized carbons (Fsp3) is 0.176. The molecule has 0 aliphatic carbocycles. The second-order valence-corrected chi connectivity index (χ2v) is 7.01. The molecule has 0 spiro atoms. The molecule has 8 nitrogen and oxygen atoms in total. The zero-order valence-electron chi connectivity index (χ0n) is 13.7. The normalized spacial score (nSPS) is 11.6. The molecule has 0 saturated carbocycles. The van der Waals surface area contributed by atoms with E-state index in [0.717, 1.165) is 24.1 Å². The molecule has 1 aromatic carbocycles. The van der Waals surface area contributed by atoms with Gasteiger partial charge in [0.05, 0.1) is 0 Å². The quantitative estimate of drug-likeness (QED) is 0.531. The van der Waals surface area contributed by atoms with Crippen molar-refractivity contribution in [1.82, 2.24) is 0 Å². The number of ether oxygens (including phenoxy) is 1. The van der Waals surface area contributed by atoms with Gasteiger partial charge in [-0.2, -0.15) is 0 Å². The molecule has 0 unspecified atom stereocenters. The van der Waals surface area contributed by atoms with Crippen LogP contribution in [0.15, 0.2) is 55.1 Å². The van der Waals surface area contributed by atoms with Gasteiger partial charge in [-0.3, -0.25) is 0 Å². The fourth-order valence-electron chi connectivity index (χ4n) is 2.41. The Labute approximate surface area is 148 Å². The van der Waals surface area contributed by atoms with E-state index in [0.29, 0.717) is 16.5 Å². The number of nitrogens with two attached hydrogens (primary N) is 1. The maximum Gasteiger partial charge on any atom is 0.374 e. The van der Waals surface area contributed by atoms with Gasteiger partial charge in [0.25, 0.3) is 10.0 Å². The van der Waals surface area contributed by atoms with E-state index >= 15 is 0 Å². The molecular formula is C17H15NO7S. The summed E-state index contributed by atoms with van der Waals surface area (Å²) in [7, 11) is -4.05. The highest BCUT2D eigenvalue weighted by molar-refractivity contribution is 7.89. The Kier molecular flexibility index (Phi) is 4.66. The summed E-state index contributed by atoms with van der Waals surface area (Å²) >= 11 is 0. The van der Waals surface area contributed by atoms with E-state index in [9.17, 15) is 18.0 Å². The molecule has 0 aliphatic rings. The van der Waals surface area contributed by atoms with Crippen molar-refractivity contribution in [2.75, 3.05) is 0 Å². The van der Waals surface area contributed by atoms with E-state index in [1.165, 1.54) is 6.07 Å². The molecular weight excluding hydrogens is 362 g/mol. The summed E-state index contributed by atoms with van der Waals surface area (Å²) < 4.78 is 37.5. The van der Waals surface area contributed by atoms with Crippen molar-refractivity contribution >= 4 is 27.0 Å². The van der Waals surface area contributed by atoms with Crippen molar-refractivity contribution in [3.05, 3.63) is 63.7 Å². The van der Waals surface area contributed by atoms with Gasteiger partial charge in [0, 0.05) is 17.0 Å². The lowest BCUT2D eigenvalue weighted by atomic mass is 10.1. The number of carbonyl (C=O) groups is 1. The molecule has 136 valence electrons. The largest absolute Gasteiger partial charge is 0.455 e. The molecule has 0 saturated heterocycles. The van der Waals surface area contributed by atoms with Gasteiger partial charge < -0.3 is 13.6 Å². The molecule has 9 heteroatoms. The third-order valence-corrected chi connectivity index (χ3v) is 4.50. The number of benzene rings is 1.